The highest BCUT2D eigenvalue weighted by Gasteiger charge is 2.22. The molecule has 216 valence electrons. The Morgan fingerprint density at radius 3 is 1.61 bits per heavy atom. The lowest BCUT2D eigenvalue weighted by molar-refractivity contribution is -0.368. The first-order chi connectivity index (χ1) is 18.4. The number of quaternary nitrogens is 1. The SMILES string of the molecule is CC/C=C\C/C=C\C/C=C\C/C=C\C/C=C\C/C=C\CCC.N[C@@H](CO)C(=O)N[C@@H](CCCC[NH3+])C(=O)O. The third-order valence-electron chi connectivity index (χ3n) is 5.19. The average Bonchev–Trinajstić information content (AvgIpc) is 2.91. The second-order valence-electron chi connectivity index (χ2n) is 8.74. The summed E-state index contributed by atoms with van der Waals surface area (Å²) in [6, 6.07) is -2.02. The molecule has 0 aliphatic heterocycles. The number of amides is 1. The zero-order valence-corrected chi connectivity index (χ0v) is 23.8. The summed E-state index contributed by atoms with van der Waals surface area (Å²) in [7, 11) is 0. The van der Waals surface area contributed by atoms with Crippen molar-refractivity contribution in [2.75, 3.05) is 13.2 Å². The normalized spacial score (nSPS) is 13.7. The van der Waals surface area contributed by atoms with E-state index in [2.05, 4.69) is 97.8 Å². The van der Waals surface area contributed by atoms with E-state index in [1.807, 2.05) is 0 Å². The minimum absolute atomic E-state index is 0.342. The van der Waals surface area contributed by atoms with Crippen LogP contribution in [0.3, 0.4) is 0 Å². The van der Waals surface area contributed by atoms with E-state index in [4.69, 9.17) is 15.9 Å². The van der Waals surface area contributed by atoms with Gasteiger partial charge in [0.25, 0.3) is 0 Å². The molecule has 0 bridgehead atoms. The lowest BCUT2D eigenvalue weighted by Gasteiger charge is -2.16. The maximum Gasteiger partial charge on any atom is 0.326 e. The molecule has 0 aromatic rings. The first-order valence-electron chi connectivity index (χ1n) is 14.0. The summed E-state index contributed by atoms with van der Waals surface area (Å²) < 4.78 is 0. The fourth-order valence-electron chi connectivity index (χ4n) is 2.95. The summed E-state index contributed by atoms with van der Waals surface area (Å²) in [4.78, 5) is 22.1. The Labute approximate surface area is 231 Å². The Bertz CT molecular complexity index is 739. The van der Waals surface area contributed by atoms with Gasteiger partial charge < -0.3 is 27.0 Å². The Morgan fingerprint density at radius 1 is 0.789 bits per heavy atom. The number of aliphatic hydroxyl groups is 1. The highest BCUT2D eigenvalue weighted by atomic mass is 16.4. The molecule has 0 rings (SSSR count). The molecule has 0 aliphatic rings. The fourth-order valence-corrected chi connectivity index (χ4v) is 2.95. The molecule has 7 heteroatoms. The molecule has 0 saturated carbocycles. The minimum atomic E-state index is -1.09. The largest absolute Gasteiger partial charge is 0.480 e. The van der Waals surface area contributed by atoms with Gasteiger partial charge in [0, 0.05) is 0 Å². The molecule has 0 aliphatic carbocycles. The van der Waals surface area contributed by atoms with Crippen LogP contribution >= 0.6 is 0 Å². The van der Waals surface area contributed by atoms with Crippen LogP contribution in [-0.2, 0) is 9.59 Å². The quantitative estimate of drug-likeness (QED) is 0.107. The van der Waals surface area contributed by atoms with Crippen molar-refractivity contribution < 1.29 is 25.5 Å². The number of nitrogens with two attached hydrogens (primary N) is 1. The van der Waals surface area contributed by atoms with Gasteiger partial charge in [0.15, 0.2) is 0 Å². The van der Waals surface area contributed by atoms with Crippen LogP contribution < -0.4 is 16.8 Å². The Morgan fingerprint density at radius 2 is 1.24 bits per heavy atom. The van der Waals surface area contributed by atoms with Crippen molar-refractivity contribution in [1.29, 1.82) is 0 Å². The van der Waals surface area contributed by atoms with Crippen LogP contribution in [0.4, 0.5) is 0 Å². The Balaban J connectivity index is 0. The standard InChI is InChI=1S/C22H34.C9H19N3O4/c1-3-5-7-9-11-13-15-17-19-21-22-20-18-16-14-12-10-8-6-4-2;10-4-2-1-3-7(9(15)16)12-8(14)6(11)5-13/h5,7-8,10-11,13-14,16-17,19-20,22H,3-4,6,9,12,15,18,21H2,1-2H3;6-7,13H,1-5,10-11H2,(H,12,14)(H,15,16)/p+1/b7-5-,10-8-,13-11-,16-14-,19-17-,22-20-;/t;6-,7-/m.0/s1. The Kier molecular flexibility index (Phi) is 30.0. The number of unbranched alkanes of at least 4 members (excludes halogenated alkanes) is 2. The number of aliphatic carboxylic acids is 1. The number of carboxylic acids is 1. The van der Waals surface area contributed by atoms with E-state index in [1.54, 1.807) is 0 Å². The van der Waals surface area contributed by atoms with Gasteiger partial charge in [0.1, 0.15) is 12.1 Å². The summed E-state index contributed by atoms with van der Waals surface area (Å²) in [6.45, 7) is 4.60. The second kappa shape index (κ2) is 30.5. The lowest BCUT2D eigenvalue weighted by Crippen LogP contribution is -2.51. The predicted octanol–water partition coefficient (Wildman–Crippen LogP) is 4.77. The maximum atomic E-state index is 11.2. The van der Waals surface area contributed by atoms with Gasteiger partial charge in [0.05, 0.1) is 13.2 Å². The molecular weight excluding hydrogens is 478 g/mol. The third kappa shape index (κ3) is 27.8. The number of allylic oxidation sites excluding steroid dienone is 12. The first-order valence-corrected chi connectivity index (χ1v) is 14.0. The molecule has 0 saturated heterocycles. The van der Waals surface area contributed by atoms with Crippen LogP contribution in [0.1, 0.15) is 84.5 Å². The summed E-state index contributed by atoms with van der Waals surface area (Å²) in [6.07, 6.45) is 37.5. The highest BCUT2D eigenvalue weighted by molar-refractivity contribution is 5.86. The monoisotopic (exact) mass is 532 g/mol. The summed E-state index contributed by atoms with van der Waals surface area (Å²) in [5.41, 5.74) is 8.90. The number of carboxylic acid groups (broad SMARTS) is 1. The summed E-state index contributed by atoms with van der Waals surface area (Å²) in [5.74, 6) is -1.74. The van der Waals surface area contributed by atoms with Crippen LogP contribution in [0, 0.1) is 0 Å². The minimum Gasteiger partial charge on any atom is -0.480 e. The van der Waals surface area contributed by atoms with Crippen molar-refractivity contribution in [3.05, 3.63) is 72.9 Å². The number of rotatable bonds is 21. The molecule has 0 spiro atoms. The number of carbonyl (C=O) groups is 2. The van der Waals surface area contributed by atoms with Gasteiger partial charge in [-0.1, -0.05) is 93.2 Å². The zero-order chi connectivity index (χ0) is 28.7. The van der Waals surface area contributed by atoms with Crippen LogP contribution in [0.25, 0.3) is 0 Å². The van der Waals surface area contributed by atoms with Gasteiger partial charge in [-0.25, -0.2) is 4.79 Å². The van der Waals surface area contributed by atoms with Gasteiger partial charge in [0.2, 0.25) is 5.91 Å². The topological polar surface area (TPSA) is 140 Å². The molecule has 0 unspecified atom stereocenters. The number of hydrogen-bond donors (Lipinski definition) is 5. The maximum absolute atomic E-state index is 11.2. The molecule has 1 amide bonds. The van der Waals surface area contributed by atoms with Crippen LogP contribution in [0.5, 0.6) is 0 Å². The molecule has 0 aromatic heterocycles. The van der Waals surface area contributed by atoms with E-state index in [0.29, 0.717) is 12.8 Å². The van der Waals surface area contributed by atoms with E-state index in [-0.39, 0.29) is 0 Å². The number of nitrogens with one attached hydrogen (secondary N) is 1. The van der Waals surface area contributed by atoms with Crippen molar-refractivity contribution in [2.45, 2.75) is 96.6 Å². The Hall–Kier alpha value is -2.74. The van der Waals surface area contributed by atoms with Gasteiger partial charge >= 0.3 is 5.97 Å². The van der Waals surface area contributed by atoms with Crippen molar-refractivity contribution >= 4 is 11.9 Å². The molecule has 0 radical (unpaired) electrons. The van der Waals surface area contributed by atoms with Crippen molar-refractivity contribution in [1.82, 2.24) is 5.32 Å². The van der Waals surface area contributed by atoms with Crippen molar-refractivity contribution in [3.8, 4) is 0 Å². The van der Waals surface area contributed by atoms with Crippen molar-refractivity contribution in [2.24, 2.45) is 5.73 Å². The number of hydrogen-bond acceptors (Lipinski definition) is 4. The van der Waals surface area contributed by atoms with Gasteiger partial charge in [-0.2, -0.15) is 0 Å². The fraction of sp³-hybridized carbons (Fsp3) is 0.548. The number of carbonyl (C=O) groups excluding carboxylic acids is 1. The van der Waals surface area contributed by atoms with Crippen LogP contribution in [0.2, 0.25) is 0 Å². The molecular formula is C31H54N3O4+. The smallest absolute Gasteiger partial charge is 0.326 e. The second-order valence-corrected chi connectivity index (χ2v) is 8.74. The molecule has 0 heterocycles. The molecule has 2 atom stereocenters. The van der Waals surface area contributed by atoms with Crippen molar-refractivity contribution in [3.63, 3.8) is 0 Å². The van der Waals surface area contributed by atoms with Crippen LogP contribution in [0.15, 0.2) is 72.9 Å². The van der Waals surface area contributed by atoms with Gasteiger partial charge in [-0.15, -0.1) is 0 Å². The van der Waals surface area contributed by atoms with Gasteiger partial charge in [-0.3, -0.25) is 4.79 Å². The molecule has 8 N–H and O–H groups in total. The summed E-state index contributed by atoms with van der Waals surface area (Å²) in [5, 5.41) is 19.8. The third-order valence-corrected chi connectivity index (χ3v) is 5.19. The average molecular weight is 533 g/mol. The highest BCUT2D eigenvalue weighted by Crippen LogP contribution is 2.01. The predicted molar refractivity (Wildman–Crippen MR) is 159 cm³/mol. The molecule has 7 nitrogen and oxygen atoms in total. The molecule has 38 heavy (non-hydrogen) atoms. The van der Waals surface area contributed by atoms with E-state index >= 15 is 0 Å². The summed E-state index contributed by atoms with van der Waals surface area (Å²) >= 11 is 0. The first kappa shape index (κ1) is 37.4. The molecule has 0 aromatic carbocycles. The molecule has 0 fully saturated rings. The van der Waals surface area contributed by atoms with Crippen LogP contribution in [-0.4, -0.2) is 47.3 Å². The van der Waals surface area contributed by atoms with E-state index < -0.39 is 30.6 Å². The zero-order valence-electron chi connectivity index (χ0n) is 23.8. The van der Waals surface area contributed by atoms with Gasteiger partial charge in [-0.05, 0) is 64.2 Å². The van der Waals surface area contributed by atoms with E-state index in [0.717, 1.165) is 51.5 Å². The lowest BCUT2D eigenvalue weighted by atomic mass is 10.1. The number of aliphatic hydroxyl groups excluding tert-OH is 1. The van der Waals surface area contributed by atoms with E-state index in [9.17, 15) is 9.59 Å². The van der Waals surface area contributed by atoms with E-state index in [1.165, 1.54) is 12.8 Å².